The van der Waals surface area contributed by atoms with E-state index in [1.165, 1.54) is 0 Å². The highest BCUT2D eigenvalue weighted by Gasteiger charge is 2.14. The minimum Gasteiger partial charge on any atom is -0.726 e. The molecule has 0 N–H and O–H groups in total. The van der Waals surface area contributed by atoms with Crippen LogP contribution >= 0.6 is 0 Å². The molecular weight excluding hydrogens is 184 g/mol. The van der Waals surface area contributed by atoms with Crippen LogP contribution in [0.4, 0.5) is 0 Å². The molecule has 0 saturated carbocycles. The fourth-order valence-corrected chi connectivity index (χ4v) is 1.42. The first-order valence-electron chi connectivity index (χ1n) is 3.80. The van der Waals surface area contributed by atoms with Crippen LogP contribution in [-0.2, 0) is 19.3 Å². The lowest BCUT2D eigenvalue weighted by molar-refractivity contribution is -0.0121. The van der Waals surface area contributed by atoms with E-state index in [1.54, 1.807) is 0 Å². The van der Waals surface area contributed by atoms with Gasteiger partial charge in [0, 0.05) is 6.61 Å². The fraction of sp³-hybridized carbons (Fsp3) is 1.00. The second kappa shape index (κ2) is 4.18. The maximum absolute atomic E-state index is 10.0. The van der Waals surface area contributed by atoms with Crippen LogP contribution in [-0.4, -0.2) is 32.3 Å². The fourth-order valence-electron chi connectivity index (χ4n) is 1.10. The van der Waals surface area contributed by atoms with E-state index in [4.69, 9.17) is 4.74 Å². The van der Waals surface area contributed by atoms with Gasteiger partial charge < -0.3 is 9.29 Å². The predicted molar refractivity (Wildman–Crippen MR) is 39.2 cm³/mol. The largest absolute Gasteiger partial charge is 0.726 e. The summed E-state index contributed by atoms with van der Waals surface area (Å²) in [5.74, 6) is 0. The van der Waals surface area contributed by atoms with Crippen LogP contribution < -0.4 is 0 Å². The van der Waals surface area contributed by atoms with Crippen molar-refractivity contribution in [2.24, 2.45) is 0 Å². The van der Waals surface area contributed by atoms with E-state index in [1.807, 2.05) is 0 Å². The van der Waals surface area contributed by atoms with Gasteiger partial charge in [-0.15, -0.1) is 0 Å². The Kier molecular flexibility index (Phi) is 3.45. The van der Waals surface area contributed by atoms with Crippen molar-refractivity contribution in [3.63, 3.8) is 0 Å². The van der Waals surface area contributed by atoms with Gasteiger partial charge in [0.25, 0.3) is 0 Å². The summed E-state index contributed by atoms with van der Waals surface area (Å²) in [5.41, 5.74) is 0. The van der Waals surface area contributed by atoms with E-state index in [9.17, 15) is 13.0 Å². The molecule has 1 rings (SSSR count). The summed E-state index contributed by atoms with van der Waals surface area (Å²) in [4.78, 5) is 0. The molecule has 0 radical (unpaired) electrons. The first-order chi connectivity index (χ1) is 5.58. The Bertz CT molecular complexity index is 216. The van der Waals surface area contributed by atoms with Crippen molar-refractivity contribution in [2.75, 3.05) is 13.2 Å². The standard InChI is InChI=1S/C6H12O5S/c7-12(8,9)11-5-6-3-1-2-4-10-6/h6H,1-5H2,(H,7,8,9)/p-1. The van der Waals surface area contributed by atoms with Gasteiger partial charge in [-0.1, -0.05) is 0 Å². The van der Waals surface area contributed by atoms with Gasteiger partial charge in [0.1, 0.15) is 0 Å². The Morgan fingerprint density at radius 3 is 2.75 bits per heavy atom. The van der Waals surface area contributed by atoms with Crippen molar-refractivity contribution in [1.82, 2.24) is 0 Å². The Hall–Kier alpha value is -0.170. The molecule has 1 fully saturated rings. The molecule has 0 aliphatic carbocycles. The normalized spacial score (nSPS) is 25.6. The second-order valence-electron chi connectivity index (χ2n) is 2.68. The van der Waals surface area contributed by atoms with Crippen molar-refractivity contribution >= 4 is 10.4 Å². The van der Waals surface area contributed by atoms with Gasteiger partial charge in [-0.25, -0.2) is 8.42 Å². The highest BCUT2D eigenvalue weighted by atomic mass is 32.3. The lowest BCUT2D eigenvalue weighted by Crippen LogP contribution is -2.25. The van der Waals surface area contributed by atoms with E-state index < -0.39 is 10.4 Å². The monoisotopic (exact) mass is 195 g/mol. The summed E-state index contributed by atoms with van der Waals surface area (Å²) in [5, 5.41) is 0. The second-order valence-corrected chi connectivity index (χ2v) is 3.73. The number of ether oxygens (including phenoxy) is 1. The van der Waals surface area contributed by atoms with Gasteiger partial charge >= 0.3 is 0 Å². The van der Waals surface area contributed by atoms with Crippen LogP contribution in [0.5, 0.6) is 0 Å². The smallest absolute Gasteiger partial charge is 0.217 e. The van der Waals surface area contributed by atoms with Crippen molar-refractivity contribution in [3.8, 4) is 0 Å². The molecule has 1 atom stereocenters. The molecule has 0 aromatic rings. The Morgan fingerprint density at radius 2 is 2.25 bits per heavy atom. The number of hydrogen-bond donors (Lipinski definition) is 0. The SMILES string of the molecule is O=S(=O)([O-])OCC1CCCCO1. The topological polar surface area (TPSA) is 75.7 Å². The molecule has 6 heteroatoms. The van der Waals surface area contributed by atoms with E-state index in [2.05, 4.69) is 4.18 Å². The van der Waals surface area contributed by atoms with Crippen LogP contribution in [0.15, 0.2) is 0 Å². The molecule has 1 aliphatic heterocycles. The van der Waals surface area contributed by atoms with Gasteiger partial charge in [0.2, 0.25) is 10.4 Å². The third-order valence-corrected chi connectivity index (χ3v) is 2.10. The maximum atomic E-state index is 10.0. The number of hydrogen-bond acceptors (Lipinski definition) is 5. The van der Waals surface area contributed by atoms with Gasteiger partial charge in [-0.3, -0.25) is 4.18 Å². The highest BCUT2D eigenvalue weighted by Crippen LogP contribution is 2.13. The molecule has 0 amide bonds. The summed E-state index contributed by atoms with van der Waals surface area (Å²) >= 11 is 0. The van der Waals surface area contributed by atoms with Gasteiger partial charge in [-0.2, -0.15) is 0 Å². The van der Waals surface area contributed by atoms with Crippen molar-refractivity contribution < 1.29 is 21.9 Å². The van der Waals surface area contributed by atoms with Crippen molar-refractivity contribution in [1.29, 1.82) is 0 Å². The van der Waals surface area contributed by atoms with Crippen molar-refractivity contribution in [3.05, 3.63) is 0 Å². The maximum Gasteiger partial charge on any atom is 0.217 e. The zero-order valence-corrected chi connectivity index (χ0v) is 7.38. The predicted octanol–water partition coefficient (Wildman–Crippen LogP) is 0.0323. The lowest BCUT2D eigenvalue weighted by Gasteiger charge is -2.22. The van der Waals surface area contributed by atoms with Crippen LogP contribution in [0, 0.1) is 0 Å². The molecule has 0 spiro atoms. The van der Waals surface area contributed by atoms with E-state index in [-0.39, 0.29) is 12.7 Å². The van der Waals surface area contributed by atoms with Crippen molar-refractivity contribution in [2.45, 2.75) is 25.4 Å². The molecule has 0 bridgehead atoms. The van der Waals surface area contributed by atoms with Crippen LogP contribution in [0.2, 0.25) is 0 Å². The molecule has 1 heterocycles. The molecule has 1 aliphatic rings. The Labute approximate surface area is 71.6 Å². The van der Waals surface area contributed by atoms with Gasteiger partial charge in [0.05, 0.1) is 12.7 Å². The summed E-state index contributed by atoms with van der Waals surface area (Å²) < 4.78 is 39.3. The quantitative estimate of drug-likeness (QED) is 0.469. The molecule has 0 aromatic carbocycles. The molecule has 12 heavy (non-hydrogen) atoms. The first kappa shape index (κ1) is 9.91. The average molecular weight is 195 g/mol. The van der Waals surface area contributed by atoms with Crippen LogP contribution in [0.25, 0.3) is 0 Å². The summed E-state index contributed by atoms with van der Waals surface area (Å²) in [7, 11) is -4.55. The minimum absolute atomic E-state index is 0.147. The molecule has 0 aromatic heterocycles. The Balaban J connectivity index is 2.22. The van der Waals surface area contributed by atoms with Gasteiger partial charge in [-0.05, 0) is 19.3 Å². The van der Waals surface area contributed by atoms with E-state index >= 15 is 0 Å². The molecule has 5 nitrogen and oxygen atoms in total. The Morgan fingerprint density at radius 1 is 1.50 bits per heavy atom. The zero-order chi connectivity index (χ0) is 9.03. The molecule has 1 saturated heterocycles. The average Bonchev–Trinajstić information content (AvgIpc) is 2.02. The summed E-state index contributed by atoms with van der Waals surface area (Å²) in [6.07, 6.45) is 2.51. The first-order valence-corrected chi connectivity index (χ1v) is 5.13. The zero-order valence-electron chi connectivity index (χ0n) is 6.56. The third kappa shape index (κ3) is 4.01. The van der Waals surface area contributed by atoms with Crippen LogP contribution in [0.3, 0.4) is 0 Å². The van der Waals surface area contributed by atoms with E-state index in [0.717, 1.165) is 19.3 Å². The number of rotatable bonds is 3. The van der Waals surface area contributed by atoms with E-state index in [0.29, 0.717) is 6.61 Å². The summed E-state index contributed by atoms with van der Waals surface area (Å²) in [6, 6.07) is 0. The third-order valence-electron chi connectivity index (χ3n) is 1.67. The molecule has 1 unspecified atom stereocenters. The molecular formula is C6H11O5S-. The highest BCUT2D eigenvalue weighted by molar-refractivity contribution is 7.80. The van der Waals surface area contributed by atoms with Gasteiger partial charge in [0.15, 0.2) is 0 Å². The minimum atomic E-state index is -4.55. The lowest BCUT2D eigenvalue weighted by atomic mass is 10.1. The summed E-state index contributed by atoms with van der Waals surface area (Å²) in [6.45, 7) is 0.471. The van der Waals surface area contributed by atoms with Crippen LogP contribution in [0.1, 0.15) is 19.3 Å². The molecule has 72 valence electrons.